The third-order valence-electron chi connectivity index (χ3n) is 4.79. The van der Waals surface area contributed by atoms with Crippen LogP contribution >= 0.6 is 0 Å². The van der Waals surface area contributed by atoms with E-state index in [9.17, 15) is 5.26 Å². The molecule has 0 atom stereocenters. The van der Waals surface area contributed by atoms with Gasteiger partial charge in [-0.15, -0.1) is 0 Å². The van der Waals surface area contributed by atoms with Crippen LogP contribution in [-0.4, -0.2) is 19.3 Å². The van der Waals surface area contributed by atoms with Gasteiger partial charge in [0.05, 0.1) is 16.9 Å². The minimum atomic E-state index is 0.376. The van der Waals surface area contributed by atoms with Crippen molar-refractivity contribution < 1.29 is 0 Å². The second-order valence-electron chi connectivity index (χ2n) is 6.69. The van der Waals surface area contributed by atoms with Gasteiger partial charge in [0.25, 0.3) is 0 Å². The van der Waals surface area contributed by atoms with Crippen LogP contribution in [0.2, 0.25) is 0 Å². The molecule has 1 fully saturated rings. The van der Waals surface area contributed by atoms with Gasteiger partial charge in [-0.1, -0.05) is 19.1 Å². The van der Waals surface area contributed by atoms with E-state index in [4.69, 9.17) is 11.1 Å². The van der Waals surface area contributed by atoms with E-state index in [0.717, 1.165) is 53.9 Å². The second kappa shape index (κ2) is 7.49. The van der Waals surface area contributed by atoms with Crippen molar-refractivity contribution in [3.05, 3.63) is 41.5 Å². The van der Waals surface area contributed by atoms with Gasteiger partial charge in [-0.3, -0.25) is 0 Å². The zero-order valence-corrected chi connectivity index (χ0v) is 15.3. The standard InChI is InChI=1S/C21H25N5/c1-3-10-26-21-16(8-6-15(12-22)20(21)24)14-7-9-18(25-2)17(11-14)19(23)13-4-5-13/h6-9,11,13,23,25-26H,3-5,10,24H2,1-2H3. The highest BCUT2D eigenvalue weighted by Gasteiger charge is 2.28. The van der Waals surface area contributed by atoms with Crippen molar-refractivity contribution in [1.82, 2.24) is 0 Å². The third-order valence-corrected chi connectivity index (χ3v) is 4.79. The second-order valence-corrected chi connectivity index (χ2v) is 6.69. The fourth-order valence-electron chi connectivity index (χ4n) is 3.14. The Labute approximate surface area is 154 Å². The lowest BCUT2D eigenvalue weighted by atomic mass is 9.95. The maximum absolute atomic E-state index is 9.29. The number of hydrogen-bond donors (Lipinski definition) is 4. The van der Waals surface area contributed by atoms with E-state index >= 15 is 0 Å². The quantitative estimate of drug-likeness (QED) is 0.439. The molecule has 3 rings (SSSR count). The van der Waals surface area contributed by atoms with Crippen LogP contribution in [0.5, 0.6) is 0 Å². The summed E-state index contributed by atoms with van der Waals surface area (Å²) in [6, 6.07) is 12.0. The summed E-state index contributed by atoms with van der Waals surface area (Å²) in [4.78, 5) is 0. The lowest BCUT2D eigenvalue weighted by Gasteiger charge is -2.18. The highest BCUT2D eigenvalue weighted by molar-refractivity contribution is 6.07. The highest BCUT2D eigenvalue weighted by atomic mass is 14.9. The molecule has 0 aliphatic heterocycles. The number of nitrogen functional groups attached to an aromatic ring is 1. The van der Waals surface area contributed by atoms with E-state index in [1.54, 1.807) is 6.07 Å². The van der Waals surface area contributed by atoms with Crippen molar-refractivity contribution >= 4 is 22.8 Å². The molecule has 0 saturated heterocycles. The Morgan fingerprint density at radius 2 is 2.08 bits per heavy atom. The summed E-state index contributed by atoms with van der Waals surface area (Å²) in [5.41, 5.74) is 12.6. The minimum absolute atomic E-state index is 0.376. The Balaban J connectivity index is 2.11. The van der Waals surface area contributed by atoms with E-state index in [0.29, 0.717) is 22.9 Å². The number of nitrogens with two attached hydrogens (primary N) is 1. The Bertz CT molecular complexity index is 875. The molecular weight excluding hydrogens is 322 g/mol. The molecule has 5 heteroatoms. The van der Waals surface area contributed by atoms with E-state index in [1.807, 2.05) is 25.2 Å². The fraction of sp³-hybridized carbons (Fsp3) is 0.333. The van der Waals surface area contributed by atoms with Gasteiger partial charge in [-0.05, 0) is 43.0 Å². The molecule has 26 heavy (non-hydrogen) atoms. The van der Waals surface area contributed by atoms with Crippen molar-refractivity contribution in [2.24, 2.45) is 5.92 Å². The van der Waals surface area contributed by atoms with Crippen molar-refractivity contribution in [2.45, 2.75) is 26.2 Å². The van der Waals surface area contributed by atoms with Crippen molar-refractivity contribution in [1.29, 1.82) is 10.7 Å². The summed E-state index contributed by atoms with van der Waals surface area (Å²) < 4.78 is 0. The molecule has 134 valence electrons. The first-order chi connectivity index (χ1) is 12.6. The summed E-state index contributed by atoms with van der Waals surface area (Å²) >= 11 is 0. The average molecular weight is 347 g/mol. The summed E-state index contributed by atoms with van der Waals surface area (Å²) in [7, 11) is 1.88. The molecule has 0 spiro atoms. The van der Waals surface area contributed by atoms with Gasteiger partial charge in [-0.25, -0.2) is 0 Å². The van der Waals surface area contributed by atoms with Crippen LogP contribution in [0.25, 0.3) is 11.1 Å². The van der Waals surface area contributed by atoms with Crippen molar-refractivity contribution in [3.63, 3.8) is 0 Å². The van der Waals surface area contributed by atoms with Crippen molar-refractivity contribution in [2.75, 3.05) is 30.0 Å². The molecule has 5 N–H and O–H groups in total. The molecule has 0 unspecified atom stereocenters. The molecule has 0 bridgehead atoms. The lowest BCUT2D eigenvalue weighted by molar-refractivity contribution is 0.980. The Kier molecular flexibility index (Phi) is 5.13. The Morgan fingerprint density at radius 1 is 1.31 bits per heavy atom. The van der Waals surface area contributed by atoms with Gasteiger partial charge >= 0.3 is 0 Å². The van der Waals surface area contributed by atoms with Crippen LogP contribution in [-0.2, 0) is 0 Å². The van der Waals surface area contributed by atoms with Gasteiger partial charge in [0.15, 0.2) is 0 Å². The number of hydrogen-bond acceptors (Lipinski definition) is 5. The zero-order chi connectivity index (χ0) is 18.7. The minimum Gasteiger partial charge on any atom is -0.396 e. The van der Waals surface area contributed by atoms with Gasteiger partial charge in [0.2, 0.25) is 0 Å². The van der Waals surface area contributed by atoms with Crippen LogP contribution in [0, 0.1) is 22.7 Å². The highest BCUT2D eigenvalue weighted by Crippen LogP contribution is 2.39. The number of nitrogens with one attached hydrogen (secondary N) is 3. The van der Waals surface area contributed by atoms with Gasteiger partial charge in [0.1, 0.15) is 6.07 Å². The maximum atomic E-state index is 9.29. The van der Waals surface area contributed by atoms with Crippen LogP contribution in [0.15, 0.2) is 30.3 Å². The van der Waals surface area contributed by atoms with Crippen LogP contribution in [0.4, 0.5) is 17.1 Å². The number of anilines is 3. The van der Waals surface area contributed by atoms with E-state index in [2.05, 4.69) is 29.7 Å². The third kappa shape index (κ3) is 3.36. The predicted molar refractivity (Wildman–Crippen MR) is 109 cm³/mol. The van der Waals surface area contributed by atoms with Crippen molar-refractivity contribution in [3.8, 4) is 17.2 Å². The summed E-state index contributed by atoms with van der Waals surface area (Å²) in [5.74, 6) is 0.376. The van der Waals surface area contributed by atoms with Crippen LogP contribution < -0.4 is 16.4 Å². The molecule has 2 aromatic rings. The number of benzene rings is 2. The normalized spacial score (nSPS) is 13.1. The first-order valence-electron chi connectivity index (χ1n) is 9.08. The van der Waals surface area contributed by atoms with Crippen LogP contribution in [0.1, 0.15) is 37.3 Å². The summed E-state index contributed by atoms with van der Waals surface area (Å²) in [6.07, 6.45) is 3.16. The monoisotopic (exact) mass is 347 g/mol. The topological polar surface area (TPSA) is 97.7 Å². The molecule has 0 amide bonds. The van der Waals surface area contributed by atoms with Gasteiger partial charge in [0, 0.05) is 42.0 Å². The zero-order valence-electron chi connectivity index (χ0n) is 15.3. The molecule has 1 aliphatic carbocycles. The number of nitriles is 1. The average Bonchev–Trinajstić information content (AvgIpc) is 3.51. The molecular formula is C21H25N5. The van der Waals surface area contributed by atoms with Crippen LogP contribution in [0.3, 0.4) is 0 Å². The molecule has 2 aromatic carbocycles. The SMILES string of the molecule is CCCNc1c(-c2ccc(NC)c(C(=N)C3CC3)c2)ccc(C#N)c1N. The van der Waals surface area contributed by atoms with E-state index in [1.165, 1.54) is 0 Å². The lowest BCUT2D eigenvalue weighted by Crippen LogP contribution is -2.08. The fourth-order valence-corrected chi connectivity index (χ4v) is 3.14. The Morgan fingerprint density at radius 3 is 2.69 bits per heavy atom. The molecule has 0 radical (unpaired) electrons. The molecule has 0 aromatic heterocycles. The van der Waals surface area contributed by atoms with Gasteiger partial charge < -0.3 is 21.8 Å². The number of nitrogens with zero attached hydrogens (tertiary/aromatic N) is 1. The maximum Gasteiger partial charge on any atom is 0.101 e. The molecule has 1 aliphatic rings. The molecule has 0 heterocycles. The summed E-state index contributed by atoms with van der Waals surface area (Å²) in [6.45, 7) is 2.87. The molecule has 5 nitrogen and oxygen atoms in total. The van der Waals surface area contributed by atoms with E-state index in [-0.39, 0.29) is 0 Å². The Hall–Kier alpha value is -3.00. The summed E-state index contributed by atoms with van der Waals surface area (Å²) in [5, 5.41) is 24.3. The predicted octanol–water partition coefficient (Wildman–Crippen LogP) is 4.45. The smallest absolute Gasteiger partial charge is 0.101 e. The first-order valence-corrected chi connectivity index (χ1v) is 9.08. The van der Waals surface area contributed by atoms with Gasteiger partial charge in [-0.2, -0.15) is 5.26 Å². The largest absolute Gasteiger partial charge is 0.396 e. The number of rotatable bonds is 7. The van der Waals surface area contributed by atoms with E-state index < -0.39 is 0 Å². The molecule has 1 saturated carbocycles. The first kappa shape index (κ1) is 17.8.